The summed E-state index contributed by atoms with van der Waals surface area (Å²) in [6.07, 6.45) is 4.68. The molecule has 0 amide bonds. The summed E-state index contributed by atoms with van der Waals surface area (Å²) in [5.41, 5.74) is 0.255. The molecule has 1 N–H and O–H groups in total. The Balaban J connectivity index is 2.45. The lowest BCUT2D eigenvalue weighted by Crippen LogP contribution is -2.25. The minimum Gasteiger partial charge on any atom is -0.310 e. The molecule has 1 rings (SSSR count). The Bertz CT molecular complexity index is 424. The Morgan fingerprint density at radius 1 is 1.42 bits per heavy atom. The van der Waals surface area contributed by atoms with Gasteiger partial charge in [-0.05, 0) is 25.0 Å². The molecule has 5 heteroatoms. The van der Waals surface area contributed by atoms with Crippen LogP contribution >= 0.6 is 0 Å². The molecule has 0 heterocycles. The van der Waals surface area contributed by atoms with E-state index >= 15 is 0 Å². The van der Waals surface area contributed by atoms with Crippen molar-refractivity contribution in [1.82, 2.24) is 5.32 Å². The van der Waals surface area contributed by atoms with Crippen LogP contribution in [0.15, 0.2) is 18.2 Å². The third-order valence-corrected chi connectivity index (χ3v) is 3.10. The first-order valence-corrected chi connectivity index (χ1v) is 6.70. The zero-order valence-electron chi connectivity index (χ0n) is 11.5. The van der Waals surface area contributed by atoms with Crippen molar-refractivity contribution in [1.29, 1.82) is 0 Å². The summed E-state index contributed by atoms with van der Waals surface area (Å²) in [6, 6.07) is 4.40. The van der Waals surface area contributed by atoms with E-state index in [-0.39, 0.29) is 0 Å². The van der Waals surface area contributed by atoms with E-state index in [1.165, 1.54) is 31.4 Å². The molecule has 0 aliphatic carbocycles. The van der Waals surface area contributed by atoms with E-state index < -0.39 is 16.4 Å². The lowest BCUT2D eigenvalue weighted by atomic mass is 10.1. The van der Waals surface area contributed by atoms with Gasteiger partial charge in [0.2, 0.25) is 5.82 Å². The maximum absolute atomic E-state index is 13.4. The fourth-order valence-corrected chi connectivity index (χ4v) is 1.90. The number of hydrogen-bond donors (Lipinski definition) is 1. The highest BCUT2D eigenvalue weighted by atomic mass is 19.1. The van der Waals surface area contributed by atoms with Gasteiger partial charge in [-0.15, -0.1) is 0 Å². The average molecular weight is 268 g/mol. The second kappa shape index (κ2) is 7.84. The Hall–Kier alpha value is -1.49. The third kappa shape index (κ3) is 5.34. The number of nitro groups is 1. The zero-order valence-corrected chi connectivity index (χ0v) is 11.5. The molecule has 4 nitrogen and oxygen atoms in total. The third-order valence-electron chi connectivity index (χ3n) is 3.10. The van der Waals surface area contributed by atoms with Crippen LogP contribution in [0.3, 0.4) is 0 Å². The van der Waals surface area contributed by atoms with Gasteiger partial charge in [-0.3, -0.25) is 10.1 Å². The number of nitrogens with zero attached hydrogens (tertiary/aromatic N) is 1. The fourth-order valence-electron chi connectivity index (χ4n) is 1.90. The number of benzene rings is 1. The van der Waals surface area contributed by atoms with Crippen molar-refractivity contribution in [3.63, 3.8) is 0 Å². The smallest absolute Gasteiger partial charge is 0.304 e. The van der Waals surface area contributed by atoms with Gasteiger partial charge in [0.1, 0.15) is 0 Å². The van der Waals surface area contributed by atoms with E-state index in [4.69, 9.17) is 0 Å². The molecule has 1 unspecified atom stereocenters. The van der Waals surface area contributed by atoms with Crippen LogP contribution < -0.4 is 5.32 Å². The molecule has 106 valence electrons. The fraction of sp³-hybridized carbons (Fsp3) is 0.571. The number of rotatable bonds is 8. The van der Waals surface area contributed by atoms with E-state index in [0.717, 1.165) is 12.0 Å². The molecule has 0 saturated carbocycles. The highest BCUT2D eigenvalue weighted by Gasteiger charge is 2.13. The second-order valence-corrected chi connectivity index (χ2v) is 4.82. The van der Waals surface area contributed by atoms with Crippen molar-refractivity contribution in [2.75, 3.05) is 0 Å². The van der Waals surface area contributed by atoms with E-state index in [0.29, 0.717) is 12.6 Å². The normalized spacial score (nSPS) is 12.4. The van der Waals surface area contributed by atoms with Gasteiger partial charge < -0.3 is 5.32 Å². The Kier molecular flexibility index (Phi) is 6.42. The predicted octanol–water partition coefficient (Wildman–Crippen LogP) is 3.79. The maximum atomic E-state index is 13.4. The Morgan fingerprint density at radius 3 is 2.74 bits per heavy atom. The van der Waals surface area contributed by atoms with Gasteiger partial charge in [-0.2, -0.15) is 4.39 Å². The van der Waals surface area contributed by atoms with E-state index in [9.17, 15) is 14.5 Å². The minimum atomic E-state index is -0.775. The molecule has 1 aromatic carbocycles. The largest absolute Gasteiger partial charge is 0.310 e. The zero-order chi connectivity index (χ0) is 14.3. The highest BCUT2D eigenvalue weighted by molar-refractivity contribution is 5.34. The Labute approximate surface area is 113 Å². The first-order valence-electron chi connectivity index (χ1n) is 6.70. The van der Waals surface area contributed by atoms with Crippen LogP contribution in [-0.4, -0.2) is 11.0 Å². The topological polar surface area (TPSA) is 55.2 Å². The number of nitrogens with one attached hydrogen (secondary N) is 1. The molecular weight excluding hydrogens is 247 g/mol. The van der Waals surface area contributed by atoms with Crippen LogP contribution in [-0.2, 0) is 6.54 Å². The standard InChI is InChI=1S/C14H21FN2O2/c1-3-4-5-6-11(2)16-10-12-7-8-14(17(18)19)13(15)9-12/h7-9,11,16H,3-6,10H2,1-2H3. The van der Waals surface area contributed by atoms with Crippen molar-refractivity contribution in [2.24, 2.45) is 0 Å². The first-order chi connectivity index (χ1) is 9.04. The highest BCUT2D eigenvalue weighted by Crippen LogP contribution is 2.18. The van der Waals surface area contributed by atoms with Crippen LogP contribution in [0.5, 0.6) is 0 Å². The lowest BCUT2D eigenvalue weighted by Gasteiger charge is -2.13. The molecule has 1 atom stereocenters. The Morgan fingerprint density at radius 2 is 2.16 bits per heavy atom. The molecule has 0 aliphatic heterocycles. The summed E-state index contributed by atoms with van der Waals surface area (Å²) in [6.45, 7) is 4.79. The lowest BCUT2D eigenvalue weighted by molar-refractivity contribution is -0.387. The number of halogens is 1. The summed E-state index contributed by atoms with van der Waals surface area (Å²) in [5.74, 6) is -0.775. The van der Waals surface area contributed by atoms with Crippen molar-refractivity contribution in [3.8, 4) is 0 Å². The summed E-state index contributed by atoms with van der Waals surface area (Å²) >= 11 is 0. The van der Waals surface area contributed by atoms with Gasteiger partial charge >= 0.3 is 5.69 Å². The molecular formula is C14H21FN2O2. The van der Waals surface area contributed by atoms with Crippen molar-refractivity contribution < 1.29 is 9.31 Å². The summed E-state index contributed by atoms with van der Waals surface area (Å²) < 4.78 is 13.4. The van der Waals surface area contributed by atoms with Crippen LogP contribution in [0, 0.1) is 15.9 Å². The molecule has 1 aromatic rings. The predicted molar refractivity (Wildman–Crippen MR) is 73.5 cm³/mol. The van der Waals surface area contributed by atoms with E-state index in [1.54, 1.807) is 6.07 Å². The van der Waals surface area contributed by atoms with Crippen LogP contribution in [0.25, 0.3) is 0 Å². The van der Waals surface area contributed by atoms with Gasteiger partial charge in [0.25, 0.3) is 0 Å². The molecule has 0 aromatic heterocycles. The van der Waals surface area contributed by atoms with Gasteiger partial charge in [0.05, 0.1) is 4.92 Å². The first kappa shape index (κ1) is 15.6. The number of unbranched alkanes of at least 4 members (excludes halogenated alkanes) is 2. The summed E-state index contributed by atoms with van der Waals surface area (Å²) in [5, 5.41) is 13.8. The van der Waals surface area contributed by atoms with Gasteiger partial charge in [-0.25, -0.2) is 0 Å². The molecule has 0 fully saturated rings. The molecule has 0 radical (unpaired) electrons. The van der Waals surface area contributed by atoms with Crippen molar-refractivity contribution in [2.45, 2.75) is 52.1 Å². The maximum Gasteiger partial charge on any atom is 0.304 e. The number of nitro benzene ring substituents is 1. The van der Waals surface area contributed by atoms with Crippen molar-refractivity contribution >= 4 is 5.69 Å². The summed E-state index contributed by atoms with van der Waals surface area (Å²) in [4.78, 5) is 9.79. The quantitative estimate of drug-likeness (QED) is 0.443. The van der Waals surface area contributed by atoms with Crippen LogP contribution in [0.4, 0.5) is 10.1 Å². The molecule has 0 bridgehead atoms. The van der Waals surface area contributed by atoms with E-state index in [1.807, 2.05) is 0 Å². The SMILES string of the molecule is CCCCCC(C)NCc1ccc([N+](=O)[O-])c(F)c1. The van der Waals surface area contributed by atoms with E-state index in [2.05, 4.69) is 19.2 Å². The van der Waals surface area contributed by atoms with Crippen LogP contribution in [0.2, 0.25) is 0 Å². The van der Waals surface area contributed by atoms with Crippen LogP contribution in [0.1, 0.15) is 45.1 Å². The average Bonchev–Trinajstić information content (AvgIpc) is 2.36. The van der Waals surface area contributed by atoms with Gasteiger partial charge in [0.15, 0.2) is 0 Å². The monoisotopic (exact) mass is 268 g/mol. The van der Waals surface area contributed by atoms with Gasteiger partial charge in [-0.1, -0.05) is 32.3 Å². The number of hydrogen-bond acceptors (Lipinski definition) is 3. The minimum absolute atomic E-state index is 0.366. The molecule has 19 heavy (non-hydrogen) atoms. The molecule has 0 saturated heterocycles. The molecule has 0 spiro atoms. The van der Waals surface area contributed by atoms with Gasteiger partial charge in [0, 0.05) is 18.7 Å². The van der Waals surface area contributed by atoms with Crippen molar-refractivity contribution in [3.05, 3.63) is 39.7 Å². The summed E-state index contributed by atoms with van der Waals surface area (Å²) in [7, 11) is 0. The molecule has 0 aliphatic rings. The second-order valence-electron chi connectivity index (χ2n) is 4.82.